The number of aromatic nitrogens is 1. The Morgan fingerprint density at radius 2 is 2.00 bits per heavy atom. The summed E-state index contributed by atoms with van der Waals surface area (Å²) in [4.78, 5) is 17.9. The Morgan fingerprint density at radius 3 is 2.63 bits per heavy atom. The summed E-state index contributed by atoms with van der Waals surface area (Å²) < 4.78 is 12.1. The first kappa shape index (κ1) is 14.0. The smallest absolute Gasteiger partial charge is 0.235 e. The number of likely N-dealkylation sites (tertiary alicyclic amines) is 1. The summed E-state index contributed by atoms with van der Waals surface area (Å²) in [5.41, 5.74) is 6.10. The van der Waals surface area contributed by atoms with Gasteiger partial charge < -0.3 is 10.6 Å². The molecule has 1 aliphatic heterocycles. The Balaban J connectivity index is 1.98. The van der Waals surface area contributed by atoms with Crippen molar-refractivity contribution in [3.05, 3.63) is 18.3 Å². The van der Waals surface area contributed by atoms with Crippen molar-refractivity contribution < 1.29 is 9.00 Å². The number of pyridine rings is 1. The quantitative estimate of drug-likeness (QED) is 0.902. The number of nitrogens with two attached hydrogens (primary N) is 1. The van der Waals surface area contributed by atoms with Crippen LogP contribution in [-0.2, 0) is 15.6 Å². The zero-order chi connectivity index (χ0) is 13.7. The van der Waals surface area contributed by atoms with E-state index in [0.717, 1.165) is 25.9 Å². The summed E-state index contributed by atoms with van der Waals surface area (Å²) in [7, 11) is -1.46. The highest BCUT2D eigenvalue weighted by molar-refractivity contribution is 7.85. The molecule has 2 heterocycles. The number of amides is 1. The molecule has 1 atom stereocenters. The van der Waals surface area contributed by atoms with Gasteiger partial charge in [0.15, 0.2) is 5.03 Å². The van der Waals surface area contributed by atoms with Crippen LogP contribution in [0.15, 0.2) is 23.4 Å². The van der Waals surface area contributed by atoms with E-state index in [2.05, 4.69) is 4.98 Å². The molecule has 1 unspecified atom stereocenters. The first-order valence-electron chi connectivity index (χ1n) is 6.55. The van der Waals surface area contributed by atoms with Crippen LogP contribution in [0.25, 0.3) is 0 Å². The number of rotatable bonds is 3. The van der Waals surface area contributed by atoms with Gasteiger partial charge in [-0.3, -0.25) is 9.00 Å². The van der Waals surface area contributed by atoms with Gasteiger partial charge in [0, 0.05) is 19.3 Å². The Labute approximate surface area is 115 Å². The van der Waals surface area contributed by atoms with Gasteiger partial charge in [-0.25, -0.2) is 4.98 Å². The van der Waals surface area contributed by atoms with Crippen molar-refractivity contribution in [2.24, 2.45) is 0 Å². The third-order valence-corrected chi connectivity index (χ3v) is 4.51. The van der Waals surface area contributed by atoms with Crippen molar-refractivity contribution in [3.63, 3.8) is 0 Å². The van der Waals surface area contributed by atoms with E-state index in [0.29, 0.717) is 10.7 Å². The predicted octanol–water partition coefficient (Wildman–Crippen LogP) is 1.17. The lowest BCUT2D eigenvalue weighted by Crippen LogP contribution is -2.35. The third-order valence-electron chi connectivity index (χ3n) is 3.23. The largest absolute Gasteiger partial charge is 0.396 e. The van der Waals surface area contributed by atoms with E-state index in [1.807, 2.05) is 4.90 Å². The summed E-state index contributed by atoms with van der Waals surface area (Å²) in [5, 5.41) is 0.311. The normalized spacial score (nSPS) is 17.8. The van der Waals surface area contributed by atoms with Crippen molar-refractivity contribution in [2.75, 3.05) is 24.6 Å². The lowest BCUT2D eigenvalue weighted by molar-refractivity contribution is -0.128. The van der Waals surface area contributed by atoms with Crippen LogP contribution >= 0.6 is 0 Å². The molecule has 0 spiro atoms. The second-order valence-corrected chi connectivity index (χ2v) is 6.05. The highest BCUT2D eigenvalue weighted by Gasteiger charge is 2.20. The zero-order valence-corrected chi connectivity index (χ0v) is 11.7. The lowest BCUT2D eigenvalue weighted by atomic mass is 10.2. The number of anilines is 1. The van der Waals surface area contributed by atoms with E-state index in [1.165, 1.54) is 12.8 Å². The molecule has 5 nitrogen and oxygen atoms in total. The highest BCUT2D eigenvalue weighted by atomic mass is 32.2. The fourth-order valence-electron chi connectivity index (χ4n) is 2.19. The van der Waals surface area contributed by atoms with E-state index in [1.54, 1.807) is 18.3 Å². The van der Waals surface area contributed by atoms with Crippen molar-refractivity contribution in [2.45, 2.75) is 30.7 Å². The van der Waals surface area contributed by atoms with E-state index in [9.17, 15) is 9.00 Å². The summed E-state index contributed by atoms with van der Waals surface area (Å²) in [5.74, 6) is -0.0911. The van der Waals surface area contributed by atoms with Crippen LogP contribution in [-0.4, -0.2) is 38.8 Å². The topological polar surface area (TPSA) is 76.3 Å². The molecule has 104 valence electrons. The zero-order valence-electron chi connectivity index (χ0n) is 10.9. The maximum Gasteiger partial charge on any atom is 0.235 e. The molecule has 6 heteroatoms. The van der Waals surface area contributed by atoms with Crippen molar-refractivity contribution in [1.29, 1.82) is 0 Å². The molecule has 0 aromatic carbocycles. The molecule has 1 aliphatic rings. The monoisotopic (exact) mass is 281 g/mol. The minimum absolute atomic E-state index is 0.0266. The van der Waals surface area contributed by atoms with Gasteiger partial charge in [0.05, 0.1) is 16.5 Å². The van der Waals surface area contributed by atoms with E-state index < -0.39 is 10.8 Å². The molecule has 0 aliphatic carbocycles. The minimum Gasteiger partial charge on any atom is -0.396 e. The van der Waals surface area contributed by atoms with Crippen LogP contribution < -0.4 is 5.73 Å². The molecular formula is C13H19N3O2S. The van der Waals surface area contributed by atoms with Crippen LogP contribution in [0.5, 0.6) is 0 Å². The van der Waals surface area contributed by atoms with Crippen LogP contribution in [0, 0.1) is 0 Å². The molecule has 1 saturated heterocycles. The summed E-state index contributed by atoms with van der Waals surface area (Å²) in [6, 6.07) is 3.34. The van der Waals surface area contributed by atoms with E-state index in [-0.39, 0.29) is 11.7 Å². The average Bonchev–Trinajstić information content (AvgIpc) is 2.68. The van der Waals surface area contributed by atoms with Crippen molar-refractivity contribution in [1.82, 2.24) is 9.88 Å². The first-order chi connectivity index (χ1) is 9.18. The maximum atomic E-state index is 12.1. The third kappa shape index (κ3) is 3.76. The standard InChI is InChI=1S/C13H19N3O2S/c14-11-6-5-7-15-13(11)19(18)10-12(17)16-8-3-1-2-4-9-16/h5-7H,1-4,8-10,14H2. The van der Waals surface area contributed by atoms with Crippen LogP contribution in [0.2, 0.25) is 0 Å². The first-order valence-corrected chi connectivity index (χ1v) is 7.87. The van der Waals surface area contributed by atoms with E-state index >= 15 is 0 Å². The molecule has 2 N–H and O–H groups in total. The number of hydrogen-bond acceptors (Lipinski definition) is 4. The number of nitrogen functional groups attached to an aromatic ring is 1. The van der Waals surface area contributed by atoms with Gasteiger partial charge in [0.1, 0.15) is 5.75 Å². The molecule has 1 amide bonds. The Bertz CT molecular complexity index is 471. The molecule has 1 aromatic heterocycles. The van der Waals surface area contributed by atoms with Gasteiger partial charge in [0.25, 0.3) is 0 Å². The van der Waals surface area contributed by atoms with Gasteiger partial charge >= 0.3 is 0 Å². The lowest BCUT2D eigenvalue weighted by Gasteiger charge is -2.19. The molecule has 1 aromatic rings. The molecule has 19 heavy (non-hydrogen) atoms. The highest BCUT2D eigenvalue weighted by Crippen LogP contribution is 2.14. The molecule has 0 bridgehead atoms. The van der Waals surface area contributed by atoms with E-state index in [4.69, 9.17) is 5.73 Å². The average molecular weight is 281 g/mol. The van der Waals surface area contributed by atoms with Gasteiger partial charge in [-0.05, 0) is 25.0 Å². The van der Waals surface area contributed by atoms with Crippen LogP contribution in [0.4, 0.5) is 5.69 Å². The Morgan fingerprint density at radius 1 is 1.32 bits per heavy atom. The van der Waals surface area contributed by atoms with Crippen LogP contribution in [0.1, 0.15) is 25.7 Å². The van der Waals surface area contributed by atoms with Gasteiger partial charge in [-0.2, -0.15) is 0 Å². The summed E-state index contributed by atoms with van der Waals surface area (Å²) in [6.45, 7) is 1.54. The Kier molecular flexibility index (Phi) is 4.90. The molecular weight excluding hydrogens is 262 g/mol. The molecule has 2 rings (SSSR count). The van der Waals surface area contributed by atoms with Gasteiger partial charge in [-0.1, -0.05) is 12.8 Å². The number of hydrogen-bond donors (Lipinski definition) is 1. The molecule has 1 fully saturated rings. The minimum atomic E-state index is -1.46. The van der Waals surface area contributed by atoms with Gasteiger partial charge in [0.2, 0.25) is 5.91 Å². The van der Waals surface area contributed by atoms with Crippen molar-refractivity contribution >= 4 is 22.4 Å². The maximum absolute atomic E-state index is 12.1. The summed E-state index contributed by atoms with van der Waals surface area (Å²) >= 11 is 0. The SMILES string of the molecule is Nc1cccnc1S(=O)CC(=O)N1CCCCCC1. The van der Waals surface area contributed by atoms with Gasteiger partial charge in [-0.15, -0.1) is 0 Å². The Hall–Kier alpha value is -1.43. The fourth-order valence-corrected chi connectivity index (χ4v) is 3.24. The predicted molar refractivity (Wildman–Crippen MR) is 75.0 cm³/mol. The summed E-state index contributed by atoms with van der Waals surface area (Å²) in [6.07, 6.45) is 5.94. The number of carbonyl (C=O) groups is 1. The van der Waals surface area contributed by atoms with Crippen molar-refractivity contribution in [3.8, 4) is 0 Å². The second-order valence-electron chi connectivity index (χ2n) is 4.68. The molecule has 0 radical (unpaired) electrons. The number of nitrogens with zero attached hydrogens (tertiary/aromatic N) is 2. The second kappa shape index (κ2) is 6.65. The number of carbonyl (C=O) groups excluding carboxylic acids is 1. The fraction of sp³-hybridized carbons (Fsp3) is 0.538. The molecule has 0 saturated carbocycles. The van der Waals surface area contributed by atoms with Crippen LogP contribution in [0.3, 0.4) is 0 Å².